The molecule has 1 fully saturated rings. The maximum atomic E-state index is 12.4. The van der Waals surface area contributed by atoms with Gasteiger partial charge in [0.1, 0.15) is 0 Å². The average Bonchev–Trinajstić information content (AvgIpc) is 2.57. The second kappa shape index (κ2) is 6.57. The molecule has 0 aliphatic heterocycles. The maximum absolute atomic E-state index is 12.4. The number of carbonyl (C=O) groups excluding carboxylic acids is 1. The molecular weight excluding hydrogens is 258 g/mol. The Kier molecular flexibility index (Phi) is 4.34. The Morgan fingerprint density at radius 1 is 0.857 bits per heavy atom. The number of hydrogen-bond donors (Lipinski definition) is 1. The SMILES string of the molecule is O=C(N[C@H]1CCCC[C@@H]1c1ccccc1)c1ccccc1. The van der Waals surface area contributed by atoms with Gasteiger partial charge >= 0.3 is 0 Å². The monoisotopic (exact) mass is 279 g/mol. The molecule has 1 amide bonds. The van der Waals surface area contributed by atoms with Crippen LogP contribution < -0.4 is 5.32 Å². The topological polar surface area (TPSA) is 29.1 Å². The van der Waals surface area contributed by atoms with E-state index in [-0.39, 0.29) is 11.9 Å². The third kappa shape index (κ3) is 3.33. The third-order valence-corrected chi connectivity index (χ3v) is 4.35. The van der Waals surface area contributed by atoms with Crippen LogP contribution in [0, 0.1) is 0 Å². The summed E-state index contributed by atoms with van der Waals surface area (Å²) in [5.74, 6) is 0.482. The van der Waals surface area contributed by atoms with Gasteiger partial charge in [-0.05, 0) is 30.5 Å². The van der Waals surface area contributed by atoms with Gasteiger partial charge in [-0.25, -0.2) is 0 Å². The number of benzene rings is 2. The van der Waals surface area contributed by atoms with Crippen molar-refractivity contribution in [3.63, 3.8) is 0 Å². The number of rotatable bonds is 3. The Balaban J connectivity index is 1.75. The zero-order valence-corrected chi connectivity index (χ0v) is 12.2. The zero-order valence-electron chi connectivity index (χ0n) is 12.2. The van der Waals surface area contributed by atoms with Gasteiger partial charge in [0, 0.05) is 17.5 Å². The predicted molar refractivity (Wildman–Crippen MR) is 85.3 cm³/mol. The maximum Gasteiger partial charge on any atom is 0.251 e. The van der Waals surface area contributed by atoms with Crippen LogP contribution in [-0.4, -0.2) is 11.9 Å². The molecule has 0 spiro atoms. The highest BCUT2D eigenvalue weighted by molar-refractivity contribution is 5.94. The van der Waals surface area contributed by atoms with E-state index in [9.17, 15) is 4.79 Å². The highest BCUT2D eigenvalue weighted by Crippen LogP contribution is 2.33. The minimum atomic E-state index is 0.0448. The number of amides is 1. The van der Waals surface area contributed by atoms with Crippen LogP contribution in [0.4, 0.5) is 0 Å². The van der Waals surface area contributed by atoms with E-state index in [2.05, 4.69) is 29.6 Å². The van der Waals surface area contributed by atoms with Gasteiger partial charge in [0.25, 0.3) is 5.91 Å². The van der Waals surface area contributed by atoms with Crippen LogP contribution in [0.3, 0.4) is 0 Å². The van der Waals surface area contributed by atoms with Crippen LogP contribution in [0.25, 0.3) is 0 Å². The second-order valence-electron chi connectivity index (χ2n) is 5.75. The smallest absolute Gasteiger partial charge is 0.251 e. The van der Waals surface area contributed by atoms with Gasteiger partial charge in [0.05, 0.1) is 0 Å². The molecule has 2 atom stereocenters. The molecule has 1 saturated carbocycles. The molecule has 1 N–H and O–H groups in total. The summed E-state index contributed by atoms with van der Waals surface area (Å²) in [5, 5.41) is 3.24. The van der Waals surface area contributed by atoms with Crippen molar-refractivity contribution in [3.8, 4) is 0 Å². The van der Waals surface area contributed by atoms with Gasteiger partial charge in [-0.1, -0.05) is 61.4 Å². The van der Waals surface area contributed by atoms with Gasteiger partial charge in [0.2, 0.25) is 0 Å². The molecule has 108 valence electrons. The van der Waals surface area contributed by atoms with E-state index in [0.29, 0.717) is 5.92 Å². The van der Waals surface area contributed by atoms with Crippen molar-refractivity contribution in [1.29, 1.82) is 0 Å². The summed E-state index contributed by atoms with van der Waals surface area (Å²) in [6.45, 7) is 0. The van der Waals surface area contributed by atoms with Crippen molar-refractivity contribution in [3.05, 3.63) is 71.8 Å². The Morgan fingerprint density at radius 3 is 2.19 bits per heavy atom. The van der Waals surface area contributed by atoms with Crippen molar-refractivity contribution >= 4 is 5.91 Å². The summed E-state index contributed by atoms with van der Waals surface area (Å²) in [6, 6.07) is 20.3. The molecule has 2 aromatic rings. The molecule has 3 rings (SSSR count). The summed E-state index contributed by atoms with van der Waals surface area (Å²) in [4.78, 5) is 12.4. The molecule has 0 unspecified atom stereocenters. The molecule has 21 heavy (non-hydrogen) atoms. The van der Waals surface area contributed by atoms with Crippen molar-refractivity contribution in [1.82, 2.24) is 5.32 Å². The lowest BCUT2D eigenvalue weighted by atomic mass is 9.80. The molecule has 1 aliphatic carbocycles. The summed E-state index contributed by atoms with van der Waals surface area (Å²) < 4.78 is 0. The van der Waals surface area contributed by atoms with Gasteiger partial charge in [-0.3, -0.25) is 4.79 Å². The fourth-order valence-corrected chi connectivity index (χ4v) is 3.24. The van der Waals surface area contributed by atoms with Gasteiger partial charge < -0.3 is 5.32 Å². The molecule has 2 aromatic carbocycles. The third-order valence-electron chi connectivity index (χ3n) is 4.35. The zero-order chi connectivity index (χ0) is 14.5. The van der Waals surface area contributed by atoms with E-state index in [1.807, 2.05) is 36.4 Å². The van der Waals surface area contributed by atoms with Crippen LogP contribution >= 0.6 is 0 Å². The van der Waals surface area contributed by atoms with Crippen molar-refractivity contribution in [2.75, 3.05) is 0 Å². The first-order valence-corrected chi connectivity index (χ1v) is 7.75. The summed E-state index contributed by atoms with van der Waals surface area (Å²) >= 11 is 0. The minimum absolute atomic E-state index is 0.0448. The predicted octanol–water partition coefficient (Wildman–Crippen LogP) is 4.14. The molecule has 0 radical (unpaired) electrons. The van der Waals surface area contributed by atoms with E-state index in [1.165, 1.54) is 18.4 Å². The van der Waals surface area contributed by atoms with E-state index in [0.717, 1.165) is 18.4 Å². The molecule has 2 heteroatoms. The summed E-state index contributed by atoms with van der Waals surface area (Å²) in [7, 11) is 0. The quantitative estimate of drug-likeness (QED) is 0.898. The van der Waals surface area contributed by atoms with Crippen molar-refractivity contribution in [2.24, 2.45) is 0 Å². The lowest BCUT2D eigenvalue weighted by Gasteiger charge is -2.32. The first kappa shape index (κ1) is 13.9. The Bertz CT molecular complexity index is 579. The van der Waals surface area contributed by atoms with Crippen LogP contribution in [0.5, 0.6) is 0 Å². The molecule has 0 saturated heterocycles. The van der Waals surface area contributed by atoms with Crippen molar-refractivity contribution in [2.45, 2.75) is 37.6 Å². The van der Waals surface area contributed by atoms with Crippen LogP contribution in [0.15, 0.2) is 60.7 Å². The summed E-state index contributed by atoms with van der Waals surface area (Å²) in [6.07, 6.45) is 4.67. The minimum Gasteiger partial charge on any atom is -0.349 e. The van der Waals surface area contributed by atoms with Crippen molar-refractivity contribution < 1.29 is 4.79 Å². The Hall–Kier alpha value is -2.09. The Labute approximate surface area is 126 Å². The van der Waals surface area contributed by atoms with Crippen LogP contribution in [0.2, 0.25) is 0 Å². The molecule has 0 heterocycles. The first-order chi connectivity index (χ1) is 10.3. The largest absolute Gasteiger partial charge is 0.349 e. The lowest BCUT2D eigenvalue weighted by Crippen LogP contribution is -2.41. The van der Waals surface area contributed by atoms with Gasteiger partial charge in [-0.2, -0.15) is 0 Å². The standard InChI is InChI=1S/C19H21NO/c21-19(16-11-5-2-6-12-16)20-18-14-8-7-13-17(18)15-9-3-1-4-10-15/h1-6,9-12,17-18H,7-8,13-14H2,(H,20,21)/t17-,18+/m1/s1. The average molecular weight is 279 g/mol. The number of nitrogens with one attached hydrogen (secondary N) is 1. The van der Waals surface area contributed by atoms with Gasteiger partial charge in [0.15, 0.2) is 0 Å². The Morgan fingerprint density at radius 2 is 1.48 bits per heavy atom. The first-order valence-electron chi connectivity index (χ1n) is 7.75. The molecule has 2 nitrogen and oxygen atoms in total. The normalized spacial score (nSPS) is 21.7. The fraction of sp³-hybridized carbons (Fsp3) is 0.316. The lowest BCUT2D eigenvalue weighted by molar-refractivity contribution is 0.0921. The highest BCUT2D eigenvalue weighted by atomic mass is 16.1. The molecular formula is C19H21NO. The molecule has 0 bridgehead atoms. The molecule has 0 aromatic heterocycles. The van der Waals surface area contributed by atoms with Gasteiger partial charge in [-0.15, -0.1) is 0 Å². The van der Waals surface area contributed by atoms with Crippen LogP contribution in [-0.2, 0) is 0 Å². The summed E-state index contributed by atoms with van der Waals surface area (Å²) in [5.41, 5.74) is 2.09. The highest BCUT2D eigenvalue weighted by Gasteiger charge is 2.27. The van der Waals surface area contributed by atoms with E-state index >= 15 is 0 Å². The van der Waals surface area contributed by atoms with E-state index in [1.54, 1.807) is 0 Å². The van der Waals surface area contributed by atoms with E-state index < -0.39 is 0 Å². The second-order valence-corrected chi connectivity index (χ2v) is 5.75. The number of carbonyl (C=O) groups is 1. The number of hydrogen-bond acceptors (Lipinski definition) is 1. The van der Waals surface area contributed by atoms with Crippen LogP contribution in [0.1, 0.15) is 47.5 Å². The fourth-order valence-electron chi connectivity index (χ4n) is 3.24. The van der Waals surface area contributed by atoms with E-state index in [4.69, 9.17) is 0 Å². The molecule has 1 aliphatic rings.